The number of fused-ring (bicyclic) bond motifs is 1. The Morgan fingerprint density at radius 1 is 1.14 bits per heavy atom. The normalized spacial score (nSPS) is 12.6. The maximum absolute atomic E-state index is 12.1. The Morgan fingerprint density at radius 2 is 1.82 bits per heavy atom. The molecule has 0 aliphatic heterocycles. The predicted molar refractivity (Wildman–Crippen MR) is 105 cm³/mol. The number of benzene rings is 2. The van der Waals surface area contributed by atoms with Crippen LogP contribution < -0.4 is 5.32 Å². The molecule has 0 fully saturated rings. The SMILES string of the molecule is CNC(=O)c1ccc2cc(C(O)c3cn(C(=O)OC(C)(C)C)cn3)ccc2c1. The zero-order chi connectivity index (χ0) is 20.5. The smallest absolute Gasteiger partial charge is 0.419 e. The van der Waals surface area contributed by atoms with Gasteiger partial charge in [0.15, 0.2) is 0 Å². The number of nitrogens with one attached hydrogen (secondary N) is 1. The number of aliphatic hydroxyl groups is 1. The van der Waals surface area contributed by atoms with E-state index in [9.17, 15) is 14.7 Å². The first-order valence-electron chi connectivity index (χ1n) is 8.89. The number of nitrogens with zero attached hydrogens (tertiary/aromatic N) is 2. The lowest BCUT2D eigenvalue weighted by Gasteiger charge is -2.19. The molecular formula is C21H23N3O4. The highest BCUT2D eigenvalue weighted by molar-refractivity contribution is 5.98. The molecule has 28 heavy (non-hydrogen) atoms. The highest BCUT2D eigenvalue weighted by atomic mass is 16.6. The number of carbonyl (C=O) groups excluding carboxylic acids is 2. The van der Waals surface area contributed by atoms with Gasteiger partial charge in [0.05, 0.1) is 5.69 Å². The van der Waals surface area contributed by atoms with Crippen LogP contribution >= 0.6 is 0 Å². The molecule has 1 atom stereocenters. The van der Waals surface area contributed by atoms with E-state index < -0.39 is 17.8 Å². The third kappa shape index (κ3) is 4.20. The van der Waals surface area contributed by atoms with Crippen molar-refractivity contribution in [2.24, 2.45) is 0 Å². The molecule has 2 aromatic carbocycles. The summed E-state index contributed by atoms with van der Waals surface area (Å²) in [6.45, 7) is 5.34. The summed E-state index contributed by atoms with van der Waals surface area (Å²) in [5.41, 5.74) is 0.924. The minimum atomic E-state index is -0.994. The van der Waals surface area contributed by atoms with Crippen molar-refractivity contribution in [1.29, 1.82) is 0 Å². The van der Waals surface area contributed by atoms with Gasteiger partial charge in [0, 0.05) is 18.8 Å². The average molecular weight is 381 g/mol. The van der Waals surface area contributed by atoms with Crippen molar-refractivity contribution in [1.82, 2.24) is 14.9 Å². The van der Waals surface area contributed by atoms with Gasteiger partial charge in [0.1, 0.15) is 18.0 Å². The summed E-state index contributed by atoms with van der Waals surface area (Å²) in [6.07, 6.45) is 1.23. The van der Waals surface area contributed by atoms with Crippen LogP contribution in [0.4, 0.5) is 4.79 Å². The quantitative estimate of drug-likeness (QED) is 0.726. The zero-order valence-electron chi connectivity index (χ0n) is 16.3. The third-order valence-corrected chi connectivity index (χ3v) is 4.16. The molecule has 7 nitrogen and oxygen atoms in total. The van der Waals surface area contributed by atoms with Gasteiger partial charge in [-0.3, -0.25) is 4.79 Å². The summed E-state index contributed by atoms with van der Waals surface area (Å²) in [6, 6.07) is 10.8. The molecule has 3 rings (SSSR count). The Bertz CT molecular complexity index is 1030. The number of hydrogen-bond donors (Lipinski definition) is 2. The van der Waals surface area contributed by atoms with Gasteiger partial charge >= 0.3 is 6.09 Å². The summed E-state index contributed by atoms with van der Waals surface area (Å²) in [5, 5.41) is 15.0. The van der Waals surface area contributed by atoms with Gasteiger partial charge < -0.3 is 15.2 Å². The fourth-order valence-corrected chi connectivity index (χ4v) is 2.78. The number of rotatable bonds is 3. The summed E-state index contributed by atoms with van der Waals surface area (Å²) >= 11 is 0. The van der Waals surface area contributed by atoms with Crippen LogP contribution in [0.2, 0.25) is 0 Å². The summed E-state index contributed by atoms with van der Waals surface area (Å²) in [5.74, 6) is -0.154. The Labute approximate surface area is 163 Å². The van der Waals surface area contributed by atoms with E-state index in [0.717, 1.165) is 10.8 Å². The molecule has 1 aromatic heterocycles. The molecular weight excluding hydrogens is 358 g/mol. The minimum absolute atomic E-state index is 0.154. The topological polar surface area (TPSA) is 93.5 Å². The van der Waals surface area contributed by atoms with E-state index in [4.69, 9.17) is 4.74 Å². The Balaban J connectivity index is 1.84. The average Bonchev–Trinajstić information content (AvgIpc) is 3.15. The van der Waals surface area contributed by atoms with Gasteiger partial charge in [0.25, 0.3) is 5.91 Å². The number of aliphatic hydroxyl groups excluding tert-OH is 1. The van der Waals surface area contributed by atoms with E-state index in [1.807, 2.05) is 18.2 Å². The number of imidazole rings is 1. The molecule has 0 saturated carbocycles. The maximum atomic E-state index is 12.1. The molecule has 3 aromatic rings. The molecule has 0 aliphatic rings. The molecule has 0 radical (unpaired) electrons. The van der Waals surface area contributed by atoms with Gasteiger partial charge in [-0.25, -0.2) is 14.3 Å². The van der Waals surface area contributed by atoms with Crippen molar-refractivity contribution in [2.75, 3.05) is 7.05 Å². The summed E-state index contributed by atoms with van der Waals surface area (Å²) in [4.78, 5) is 28.0. The summed E-state index contributed by atoms with van der Waals surface area (Å²) in [7, 11) is 1.59. The van der Waals surface area contributed by atoms with E-state index in [-0.39, 0.29) is 5.91 Å². The standard InChI is InChI=1S/C21H23N3O4/c1-21(2,3)28-20(27)24-11-17(23-12-24)18(25)15-7-5-14-10-16(19(26)22-4)8-6-13(14)9-15/h5-12,18,25H,1-4H3,(H,22,26). The Morgan fingerprint density at radius 3 is 2.50 bits per heavy atom. The van der Waals surface area contributed by atoms with Gasteiger partial charge in [-0.2, -0.15) is 0 Å². The van der Waals surface area contributed by atoms with E-state index in [1.54, 1.807) is 46.0 Å². The number of hydrogen-bond acceptors (Lipinski definition) is 5. The predicted octanol–water partition coefficient (Wildman–Crippen LogP) is 3.26. The largest absolute Gasteiger partial charge is 0.443 e. The van der Waals surface area contributed by atoms with Gasteiger partial charge in [-0.15, -0.1) is 0 Å². The fraction of sp³-hybridized carbons (Fsp3) is 0.286. The number of carbonyl (C=O) groups is 2. The second-order valence-corrected chi connectivity index (χ2v) is 7.49. The Hall–Kier alpha value is -3.19. The molecule has 1 unspecified atom stereocenters. The third-order valence-electron chi connectivity index (χ3n) is 4.16. The highest BCUT2D eigenvalue weighted by Gasteiger charge is 2.20. The lowest BCUT2D eigenvalue weighted by molar-refractivity contribution is 0.0536. The van der Waals surface area contributed by atoms with Crippen molar-refractivity contribution < 1.29 is 19.4 Å². The Kier molecular flexibility index (Phi) is 5.20. The van der Waals surface area contributed by atoms with Crippen LogP contribution in [0, 0.1) is 0 Å². The maximum Gasteiger partial charge on any atom is 0.419 e. The fourth-order valence-electron chi connectivity index (χ4n) is 2.78. The van der Waals surface area contributed by atoms with Crippen LogP contribution in [0.15, 0.2) is 48.9 Å². The first-order valence-corrected chi connectivity index (χ1v) is 8.89. The number of aromatic nitrogens is 2. The first-order chi connectivity index (χ1) is 13.2. The van der Waals surface area contributed by atoms with Crippen molar-refractivity contribution in [3.63, 3.8) is 0 Å². The molecule has 0 bridgehead atoms. The first kappa shape index (κ1) is 19.6. The van der Waals surface area contributed by atoms with Crippen molar-refractivity contribution in [3.05, 3.63) is 65.7 Å². The molecule has 1 amide bonds. The van der Waals surface area contributed by atoms with Gasteiger partial charge in [-0.1, -0.05) is 18.2 Å². The molecule has 0 saturated heterocycles. The van der Waals surface area contributed by atoms with Crippen LogP contribution in [0.3, 0.4) is 0 Å². The van der Waals surface area contributed by atoms with Crippen LogP contribution in [-0.4, -0.2) is 39.3 Å². The van der Waals surface area contributed by atoms with E-state index in [2.05, 4.69) is 10.3 Å². The molecule has 2 N–H and O–H groups in total. The van der Waals surface area contributed by atoms with Gasteiger partial charge in [-0.05, 0) is 55.3 Å². The summed E-state index contributed by atoms with van der Waals surface area (Å²) < 4.78 is 6.50. The van der Waals surface area contributed by atoms with Gasteiger partial charge in [0.2, 0.25) is 0 Å². The van der Waals surface area contributed by atoms with Crippen LogP contribution in [0.5, 0.6) is 0 Å². The van der Waals surface area contributed by atoms with Crippen molar-refractivity contribution >= 4 is 22.8 Å². The molecule has 0 spiro atoms. The molecule has 0 aliphatic carbocycles. The van der Waals surface area contributed by atoms with Crippen molar-refractivity contribution in [3.8, 4) is 0 Å². The van der Waals surface area contributed by atoms with Crippen LogP contribution in [0.25, 0.3) is 10.8 Å². The van der Waals surface area contributed by atoms with E-state index >= 15 is 0 Å². The number of amides is 1. The minimum Gasteiger partial charge on any atom is -0.443 e. The van der Waals surface area contributed by atoms with E-state index in [0.29, 0.717) is 16.8 Å². The van der Waals surface area contributed by atoms with Crippen LogP contribution in [0.1, 0.15) is 48.5 Å². The second kappa shape index (κ2) is 7.44. The van der Waals surface area contributed by atoms with E-state index in [1.165, 1.54) is 17.1 Å². The molecule has 7 heteroatoms. The zero-order valence-corrected chi connectivity index (χ0v) is 16.3. The highest BCUT2D eigenvalue weighted by Crippen LogP contribution is 2.25. The molecule has 146 valence electrons. The lowest BCUT2D eigenvalue weighted by Crippen LogP contribution is -2.26. The molecule has 1 heterocycles. The second-order valence-electron chi connectivity index (χ2n) is 7.49. The monoisotopic (exact) mass is 381 g/mol. The lowest BCUT2D eigenvalue weighted by atomic mass is 10.0. The van der Waals surface area contributed by atoms with Crippen molar-refractivity contribution in [2.45, 2.75) is 32.5 Å². The van der Waals surface area contributed by atoms with Crippen LogP contribution in [-0.2, 0) is 4.74 Å². The number of ether oxygens (including phenoxy) is 1.